The first-order chi connectivity index (χ1) is 14.1. The van der Waals surface area contributed by atoms with Crippen LogP contribution in [0.15, 0.2) is 39.7 Å². The number of piperazine rings is 1. The molecule has 1 aliphatic rings. The van der Waals surface area contributed by atoms with E-state index in [1.54, 1.807) is 11.0 Å². The number of ether oxygens (including phenoxy) is 1. The number of carbonyl (C=O) groups is 1. The monoisotopic (exact) mass is 491 g/mol. The molecule has 30 heavy (non-hydrogen) atoms. The number of hydrogen-bond acceptors (Lipinski definition) is 5. The molecule has 0 atom stereocenters. The van der Waals surface area contributed by atoms with Crippen LogP contribution in [0, 0.1) is 5.82 Å². The lowest BCUT2D eigenvalue weighted by atomic mass is 10.2. The summed E-state index contributed by atoms with van der Waals surface area (Å²) in [5, 5.41) is 0. The van der Waals surface area contributed by atoms with Gasteiger partial charge in [0.25, 0.3) is 5.56 Å². The van der Waals surface area contributed by atoms with Gasteiger partial charge in [-0.1, -0.05) is 12.1 Å². The first-order valence-electron chi connectivity index (χ1n) is 8.96. The SMILES string of the molecule is CN1CCN(c2c(OC(=O)C(F)(F)F)cn(Cc3cccc(F)c3)c(=O)c2Br)CC1. The Balaban J connectivity index is 2.05. The van der Waals surface area contributed by atoms with Gasteiger partial charge in [-0.25, -0.2) is 9.18 Å². The Morgan fingerprint density at radius 3 is 2.47 bits per heavy atom. The molecule has 0 aliphatic carbocycles. The Hall–Kier alpha value is -2.40. The zero-order valence-electron chi connectivity index (χ0n) is 15.9. The van der Waals surface area contributed by atoms with Gasteiger partial charge < -0.3 is 19.1 Å². The number of esters is 1. The molecule has 1 aromatic carbocycles. The van der Waals surface area contributed by atoms with Crippen molar-refractivity contribution in [3.8, 4) is 5.75 Å². The lowest BCUT2D eigenvalue weighted by Crippen LogP contribution is -2.45. The third-order valence-electron chi connectivity index (χ3n) is 4.66. The van der Waals surface area contributed by atoms with Crippen LogP contribution in [0.25, 0.3) is 0 Å². The summed E-state index contributed by atoms with van der Waals surface area (Å²) in [5.74, 6) is -3.30. The molecule has 3 rings (SSSR count). The summed E-state index contributed by atoms with van der Waals surface area (Å²) in [6.07, 6.45) is -4.15. The Kier molecular flexibility index (Phi) is 6.51. The Bertz CT molecular complexity index is 1000. The van der Waals surface area contributed by atoms with Crippen LogP contribution in [0.5, 0.6) is 5.75 Å². The minimum Gasteiger partial charge on any atom is -0.416 e. The van der Waals surface area contributed by atoms with Crippen molar-refractivity contribution in [2.75, 3.05) is 38.1 Å². The maximum atomic E-state index is 13.5. The Morgan fingerprint density at radius 1 is 1.20 bits per heavy atom. The van der Waals surface area contributed by atoms with Crippen LogP contribution in [0.2, 0.25) is 0 Å². The number of aromatic nitrogens is 1. The normalized spacial score (nSPS) is 15.3. The fraction of sp³-hybridized carbons (Fsp3) is 0.368. The highest BCUT2D eigenvalue weighted by molar-refractivity contribution is 9.10. The molecule has 0 spiro atoms. The smallest absolute Gasteiger partial charge is 0.416 e. The average molecular weight is 492 g/mol. The highest BCUT2D eigenvalue weighted by Gasteiger charge is 2.42. The maximum Gasteiger partial charge on any atom is 0.491 e. The molecular formula is C19H18BrF4N3O3. The Morgan fingerprint density at radius 2 is 1.87 bits per heavy atom. The van der Waals surface area contributed by atoms with E-state index in [1.165, 1.54) is 18.2 Å². The van der Waals surface area contributed by atoms with Crippen LogP contribution in [0.4, 0.5) is 23.2 Å². The van der Waals surface area contributed by atoms with E-state index < -0.39 is 29.3 Å². The van der Waals surface area contributed by atoms with E-state index in [0.717, 1.165) is 10.8 Å². The van der Waals surface area contributed by atoms with Crippen molar-refractivity contribution in [3.05, 3.63) is 56.7 Å². The van der Waals surface area contributed by atoms with Gasteiger partial charge in [-0.2, -0.15) is 13.2 Å². The van der Waals surface area contributed by atoms with Crippen LogP contribution < -0.4 is 15.2 Å². The summed E-state index contributed by atoms with van der Waals surface area (Å²) in [6, 6.07) is 5.46. The van der Waals surface area contributed by atoms with Crippen molar-refractivity contribution >= 4 is 27.6 Å². The van der Waals surface area contributed by atoms with Crippen molar-refractivity contribution in [2.45, 2.75) is 12.7 Å². The van der Waals surface area contributed by atoms with Gasteiger partial charge in [0.05, 0.1) is 12.7 Å². The van der Waals surface area contributed by atoms with Crippen LogP contribution in [-0.2, 0) is 11.3 Å². The third-order valence-corrected chi connectivity index (χ3v) is 5.37. The van der Waals surface area contributed by atoms with Crippen molar-refractivity contribution in [1.29, 1.82) is 0 Å². The minimum absolute atomic E-state index is 0.0315. The van der Waals surface area contributed by atoms with Crippen molar-refractivity contribution in [2.24, 2.45) is 0 Å². The molecular weight excluding hydrogens is 474 g/mol. The van der Waals surface area contributed by atoms with Crippen LogP contribution in [-0.4, -0.2) is 54.8 Å². The number of carbonyl (C=O) groups excluding carboxylic acids is 1. The predicted octanol–water partition coefficient (Wildman–Crippen LogP) is 3.02. The summed E-state index contributed by atoms with van der Waals surface area (Å²) in [7, 11) is 1.90. The van der Waals surface area contributed by atoms with Crippen molar-refractivity contribution in [3.63, 3.8) is 0 Å². The second-order valence-corrected chi connectivity index (χ2v) is 7.69. The highest BCUT2D eigenvalue weighted by atomic mass is 79.9. The molecule has 1 aliphatic heterocycles. The number of likely N-dealkylation sites (N-methyl/N-ethyl adjacent to an activating group) is 1. The first-order valence-corrected chi connectivity index (χ1v) is 9.75. The fourth-order valence-corrected chi connectivity index (χ4v) is 3.78. The maximum absolute atomic E-state index is 13.5. The zero-order chi connectivity index (χ0) is 22.1. The van der Waals surface area contributed by atoms with Crippen LogP contribution in [0.3, 0.4) is 0 Å². The third kappa shape index (κ3) is 5.01. The van der Waals surface area contributed by atoms with E-state index in [1.807, 2.05) is 11.9 Å². The van der Waals surface area contributed by atoms with Gasteiger partial charge in [-0.15, -0.1) is 0 Å². The molecule has 0 radical (unpaired) electrons. The largest absolute Gasteiger partial charge is 0.491 e. The average Bonchev–Trinajstić information content (AvgIpc) is 2.66. The summed E-state index contributed by atoms with van der Waals surface area (Å²) in [6.45, 7) is 1.98. The number of halogens is 5. The number of rotatable bonds is 4. The number of nitrogens with zero attached hydrogens (tertiary/aromatic N) is 3. The number of pyridine rings is 1. The molecule has 1 saturated heterocycles. The molecule has 2 aromatic rings. The summed E-state index contributed by atoms with van der Waals surface area (Å²) < 4.78 is 57.6. The quantitative estimate of drug-likeness (QED) is 0.486. The van der Waals surface area contributed by atoms with E-state index in [0.29, 0.717) is 31.7 Å². The summed E-state index contributed by atoms with van der Waals surface area (Å²) >= 11 is 3.17. The van der Waals surface area contributed by atoms with Gasteiger partial charge >= 0.3 is 12.1 Å². The van der Waals surface area contributed by atoms with Gasteiger partial charge in [0.15, 0.2) is 5.75 Å². The second-order valence-electron chi connectivity index (χ2n) is 6.90. The molecule has 1 aromatic heterocycles. The molecule has 6 nitrogen and oxygen atoms in total. The molecule has 1 fully saturated rings. The van der Waals surface area contributed by atoms with E-state index in [-0.39, 0.29) is 16.7 Å². The topological polar surface area (TPSA) is 54.8 Å². The number of alkyl halides is 3. The van der Waals surface area contributed by atoms with Gasteiger partial charge in [-0.05, 0) is 40.7 Å². The lowest BCUT2D eigenvalue weighted by molar-refractivity contribution is -0.189. The van der Waals surface area contributed by atoms with E-state index in [9.17, 15) is 27.2 Å². The predicted molar refractivity (Wildman–Crippen MR) is 105 cm³/mol. The van der Waals surface area contributed by atoms with Gasteiger partial charge in [0.1, 0.15) is 16.0 Å². The molecule has 0 unspecified atom stereocenters. The van der Waals surface area contributed by atoms with E-state index >= 15 is 0 Å². The molecule has 162 valence electrons. The molecule has 11 heteroatoms. The van der Waals surface area contributed by atoms with Gasteiger partial charge in [0.2, 0.25) is 0 Å². The molecule has 0 saturated carbocycles. The van der Waals surface area contributed by atoms with E-state index in [4.69, 9.17) is 0 Å². The zero-order valence-corrected chi connectivity index (χ0v) is 17.5. The van der Waals surface area contributed by atoms with E-state index in [2.05, 4.69) is 20.7 Å². The minimum atomic E-state index is -5.20. The summed E-state index contributed by atoms with van der Waals surface area (Å²) in [5.41, 5.74) is -0.0364. The molecule has 0 amide bonds. The van der Waals surface area contributed by atoms with Crippen LogP contribution in [0.1, 0.15) is 5.56 Å². The van der Waals surface area contributed by atoms with Crippen molar-refractivity contribution < 1.29 is 27.1 Å². The second kappa shape index (κ2) is 8.76. The molecule has 0 N–H and O–H groups in total. The van der Waals surface area contributed by atoms with Crippen molar-refractivity contribution in [1.82, 2.24) is 9.47 Å². The van der Waals surface area contributed by atoms with Gasteiger partial charge in [0, 0.05) is 26.2 Å². The standard InChI is InChI=1S/C19H18BrF4N3O3/c1-25-5-7-26(8-6-25)16-14(30-18(29)19(22,23)24)11-27(17(28)15(16)20)10-12-3-2-4-13(21)9-12/h2-4,9,11H,5-8,10H2,1H3. The Labute approximate surface area is 177 Å². The first kappa shape index (κ1) is 22.3. The molecule has 0 bridgehead atoms. The number of hydrogen-bond donors (Lipinski definition) is 0. The summed E-state index contributed by atoms with van der Waals surface area (Å²) in [4.78, 5) is 28.1. The fourth-order valence-electron chi connectivity index (χ4n) is 3.10. The highest BCUT2D eigenvalue weighted by Crippen LogP contribution is 2.35. The lowest BCUT2D eigenvalue weighted by Gasteiger charge is -2.35. The number of benzene rings is 1. The number of anilines is 1. The van der Waals surface area contributed by atoms with Gasteiger partial charge in [-0.3, -0.25) is 4.79 Å². The van der Waals surface area contributed by atoms with Crippen LogP contribution >= 0.6 is 15.9 Å². The molecule has 2 heterocycles.